The molecule has 0 spiro atoms. The molecule has 2 aliphatic heterocycles. The van der Waals surface area contributed by atoms with Gasteiger partial charge in [0.05, 0.1) is 37.5 Å². The number of pyridine rings is 5. The first-order valence-corrected chi connectivity index (χ1v) is 39.9. The molecule has 1 aromatic carbocycles. The zero-order valence-electron chi connectivity index (χ0n) is 64.2. The molecule has 2 saturated carbocycles. The number of carboxylic acids is 1. The number of likely N-dealkylation sites (tertiary alicyclic amines) is 1. The molecule has 1 unspecified atom stereocenters. The molecule has 35 heteroatoms. The number of ketones is 2. The number of Topliss-reactive ketones (excluding diaryl/α,β-unsaturated/α-hetero) is 2. The number of hydrogen-bond acceptors (Lipinski definition) is 24. The number of amides is 2. The van der Waals surface area contributed by atoms with E-state index in [1.165, 1.54) is 119 Å². The highest BCUT2D eigenvalue weighted by molar-refractivity contribution is 8.26. The third-order valence-electron chi connectivity index (χ3n) is 15.5. The summed E-state index contributed by atoms with van der Waals surface area (Å²) in [6.45, 7) is 18.3. The van der Waals surface area contributed by atoms with Gasteiger partial charge in [-0.2, -0.15) is 0 Å². The third kappa shape index (κ3) is 47.5. The summed E-state index contributed by atoms with van der Waals surface area (Å²) in [5.41, 5.74) is 9.42. The molecule has 4 aliphatic rings. The van der Waals surface area contributed by atoms with Crippen LogP contribution in [0.15, 0.2) is 134 Å². The van der Waals surface area contributed by atoms with Gasteiger partial charge in [0.15, 0.2) is 11.6 Å². The highest BCUT2D eigenvalue weighted by Gasteiger charge is 2.37. The van der Waals surface area contributed by atoms with E-state index >= 15 is 0 Å². The molecule has 2 aliphatic carbocycles. The number of esters is 2. The third-order valence-corrected chi connectivity index (χ3v) is 16.6. The summed E-state index contributed by atoms with van der Waals surface area (Å²) in [6, 6.07) is 28.5. The number of aryl methyl sites for hydroxylation is 1. The Morgan fingerprint density at radius 1 is 0.614 bits per heavy atom. The van der Waals surface area contributed by atoms with E-state index in [2.05, 4.69) is 84.8 Å². The van der Waals surface area contributed by atoms with Crippen LogP contribution in [0, 0.1) is 12.8 Å². The summed E-state index contributed by atoms with van der Waals surface area (Å²) in [5, 5.41) is 18.3. The normalized spacial score (nSPS) is 14.3. The van der Waals surface area contributed by atoms with Crippen LogP contribution >= 0.6 is 79.4 Å². The second kappa shape index (κ2) is 58.5. The number of anilines is 1. The number of carbonyl (C=O) groups excluding carboxylic acids is 7. The summed E-state index contributed by atoms with van der Waals surface area (Å²) in [5.74, 6) is 0.0309. The first-order chi connectivity index (χ1) is 52.9. The van der Waals surface area contributed by atoms with Gasteiger partial charge in [0.1, 0.15) is 52.1 Å². The number of carbonyl (C=O) groups is 8. The predicted octanol–water partition coefficient (Wildman–Crippen LogP) is 18.8. The van der Waals surface area contributed by atoms with Crippen molar-refractivity contribution in [3.63, 3.8) is 0 Å². The van der Waals surface area contributed by atoms with Gasteiger partial charge in [0, 0.05) is 101 Å². The van der Waals surface area contributed by atoms with Gasteiger partial charge in [-0.15, -0.1) is 0 Å². The molecule has 2 amide bonds. The summed E-state index contributed by atoms with van der Waals surface area (Å²) < 4.78 is 39.3. The van der Waals surface area contributed by atoms with Crippen molar-refractivity contribution in [3.05, 3.63) is 188 Å². The maximum Gasteiger partial charge on any atom is 0.415 e. The van der Waals surface area contributed by atoms with Crippen LogP contribution in [0.4, 0.5) is 15.4 Å². The predicted molar refractivity (Wildman–Crippen MR) is 447 cm³/mol. The number of aliphatic hydroxyl groups excluding tert-OH is 1. The number of piperidine rings is 1. The molecule has 114 heavy (non-hydrogen) atoms. The van der Waals surface area contributed by atoms with E-state index in [9.17, 15) is 43.5 Å². The molecule has 2 atom stereocenters. The summed E-state index contributed by atoms with van der Waals surface area (Å²) in [6.07, 6.45) is 22.0. The summed E-state index contributed by atoms with van der Waals surface area (Å²) in [7, 11) is 9.79. The van der Waals surface area contributed by atoms with Crippen LogP contribution in [0.2, 0.25) is 20.7 Å². The van der Waals surface area contributed by atoms with Gasteiger partial charge in [-0.25, -0.2) is 53.5 Å². The number of aromatic carboxylic acids is 1. The Hall–Kier alpha value is -8.29. The topological polar surface area (TPSA) is 372 Å². The standard InChI is InChI=1S/C13H20N2O.C13H17NO2.C10H12ClN3O2.C10H19NO3.C7H6ClNO.C7H8.C6H3Cl2NO.C6H4ClNO2.C5H8O4.2CH4.Cl2OS/c1-10(14)11-7-8-13(15-9-11)16-12-5-3-2-4-6-12;1-10(15)11-7-8-13(14-9-11)16-12-5-3-2-4-6-12;1-6(2)7-5-16-10(15)14(7)8-3-4-12-9(11)13-8;1-10(2,3)14-9(13)11-6-4-8(12)5-7-11;1-5(10)6-2-3-7(8)9-4-6;1-7-5-3-2-4-6-7;7-5-2-1-4(3-9-5)6(8)10;7-5-2-1-4(3-8-5)6(9)10;1-8-4(6)3-5(7)9-2;;;1-4(2)3/h7-10,12H,2-6,14H2,1H3;7-9,12H,2-6H2,1H3;3-4,6-7H,5H2,1-2H3;8,12H,4-7H2,1-3H3;2-4H,1H3;2-6H,1H3;1-3H;1-3H,(H,9,10);3H2,1-2H3;2*1H4;/t;;7-;;;;;;;;;/m..1........./s1. The van der Waals surface area contributed by atoms with Crippen molar-refractivity contribution in [2.24, 2.45) is 11.7 Å². The minimum absolute atomic E-state index is 0. The van der Waals surface area contributed by atoms with Gasteiger partial charge in [0.2, 0.25) is 26.3 Å². The second-order valence-corrected chi connectivity index (χ2v) is 30.3. The SMILES string of the molecule is C.C.CC(=O)c1ccc(Cl)nc1.CC(=O)c1ccc(OC2CCCCC2)nc1.CC(C)(C)OC(=O)N1CCC(O)CC1.CC(C)[C@H]1COC(=O)N1c1ccnc(Cl)n1.CC(N)c1ccc(OC2CCCCC2)nc1.COC(=O)CC(=O)OC.Cc1ccccc1.O=C(Cl)c1ccc(Cl)nc1.O=C(O)c1ccc(Cl)nc1.O=S(Cl)Cl. The van der Waals surface area contributed by atoms with Gasteiger partial charge in [-0.3, -0.25) is 28.9 Å². The number of methoxy groups -OCH3 is 2. The molecule has 628 valence electrons. The maximum absolute atomic E-state index is 11.6. The lowest BCUT2D eigenvalue weighted by Gasteiger charge is -2.31. The van der Waals surface area contributed by atoms with Crippen LogP contribution in [0.5, 0.6) is 11.8 Å². The first kappa shape index (κ1) is 106. The second-order valence-electron chi connectivity index (χ2n) is 26.0. The molecular formula is C79H105Cl7N10O17S. The number of carboxylic acid groups (broad SMARTS) is 1. The van der Waals surface area contributed by atoms with E-state index in [0.717, 1.165) is 37.1 Å². The highest BCUT2D eigenvalue weighted by atomic mass is 36.0. The molecule has 4 fully saturated rings. The molecule has 27 nitrogen and oxygen atoms in total. The number of nitrogens with zero attached hydrogens (tertiary/aromatic N) is 9. The lowest BCUT2D eigenvalue weighted by atomic mass is 9.98. The Morgan fingerprint density at radius 3 is 1.39 bits per heavy atom. The van der Waals surface area contributed by atoms with Crippen molar-refractivity contribution < 1.29 is 81.2 Å². The van der Waals surface area contributed by atoms with Gasteiger partial charge in [-0.1, -0.05) is 118 Å². The van der Waals surface area contributed by atoms with Crippen molar-refractivity contribution in [2.45, 2.75) is 197 Å². The van der Waals surface area contributed by atoms with Crippen molar-refractivity contribution in [3.8, 4) is 11.8 Å². The number of aliphatic hydroxyl groups is 1. The molecule has 0 bridgehead atoms. The molecule has 2 saturated heterocycles. The number of cyclic esters (lactones) is 1. The largest absolute Gasteiger partial charge is 0.478 e. The van der Waals surface area contributed by atoms with E-state index in [4.69, 9.17) is 92.0 Å². The summed E-state index contributed by atoms with van der Waals surface area (Å²) in [4.78, 5) is 116. The lowest BCUT2D eigenvalue weighted by Crippen LogP contribution is -2.42. The van der Waals surface area contributed by atoms with Crippen molar-refractivity contribution in [2.75, 3.05) is 38.8 Å². The van der Waals surface area contributed by atoms with Crippen LogP contribution in [-0.2, 0) is 37.8 Å². The minimum atomic E-state index is -1.67. The Balaban J connectivity index is 0.00000126. The Bertz CT molecular complexity index is 3810. The molecule has 6 aromatic heterocycles. The number of ether oxygens (including phenoxy) is 6. The molecule has 0 radical (unpaired) electrons. The molecule has 7 aromatic rings. The number of rotatable bonds is 13. The Morgan fingerprint density at radius 2 is 1.04 bits per heavy atom. The average molecular weight is 1750 g/mol. The fourth-order valence-electron chi connectivity index (χ4n) is 9.50. The van der Waals surface area contributed by atoms with E-state index < -0.39 is 38.0 Å². The van der Waals surface area contributed by atoms with Crippen molar-refractivity contribution >= 4 is 141 Å². The van der Waals surface area contributed by atoms with Gasteiger partial charge in [0.25, 0.3) is 5.24 Å². The van der Waals surface area contributed by atoms with E-state index in [-0.39, 0.29) is 74.1 Å². The van der Waals surface area contributed by atoms with Crippen LogP contribution in [0.25, 0.3) is 0 Å². The number of nitrogens with two attached hydrogens (primary N) is 1. The van der Waals surface area contributed by atoms with E-state index in [0.29, 0.717) is 94.5 Å². The van der Waals surface area contributed by atoms with Crippen LogP contribution < -0.4 is 20.1 Å². The Kier molecular flexibility index (Phi) is 54.3. The quantitative estimate of drug-likeness (QED) is 0.0184. The van der Waals surface area contributed by atoms with E-state index in [1.807, 2.05) is 78.1 Å². The maximum atomic E-state index is 11.6. The number of aromatic nitrogens is 7. The van der Waals surface area contributed by atoms with Crippen LogP contribution in [-0.4, -0.2) is 165 Å². The van der Waals surface area contributed by atoms with Gasteiger partial charge >= 0.3 is 30.1 Å². The zero-order valence-corrected chi connectivity index (χ0v) is 70.3. The smallest absolute Gasteiger partial charge is 0.415 e. The average Bonchev–Trinajstić information content (AvgIpc) is 1.67. The molecule has 8 heterocycles. The number of benzene rings is 1. The first-order valence-electron chi connectivity index (χ1n) is 35.2. The Labute approximate surface area is 704 Å². The molecule has 11 rings (SSSR count). The van der Waals surface area contributed by atoms with Crippen molar-refractivity contribution in [1.82, 2.24) is 39.8 Å². The molecule has 4 N–H and O–H groups in total. The highest BCUT2D eigenvalue weighted by Crippen LogP contribution is 2.27. The van der Waals surface area contributed by atoms with Gasteiger partial charge < -0.3 is 49.3 Å². The molecular weight excluding hydrogens is 1640 g/mol. The monoisotopic (exact) mass is 1740 g/mol. The van der Waals surface area contributed by atoms with E-state index in [1.54, 1.807) is 48.4 Å². The van der Waals surface area contributed by atoms with Gasteiger partial charge in [-0.05, 0) is 196 Å². The minimum Gasteiger partial charge on any atom is -0.478 e. The van der Waals surface area contributed by atoms with Crippen LogP contribution in [0.1, 0.15) is 212 Å². The lowest BCUT2D eigenvalue weighted by molar-refractivity contribution is -0.151. The number of hydrogen-bond donors (Lipinski definition) is 3. The summed E-state index contributed by atoms with van der Waals surface area (Å²) >= 11 is 27.2. The zero-order chi connectivity index (χ0) is 83.9. The van der Waals surface area contributed by atoms with Crippen LogP contribution in [0.3, 0.4) is 0 Å². The number of halogens is 7. The fraction of sp³-hybridized carbons (Fsp3) is 0.456. The van der Waals surface area contributed by atoms with Crippen molar-refractivity contribution in [1.29, 1.82) is 0 Å². The fourth-order valence-corrected chi connectivity index (χ4v) is 10.1.